The highest BCUT2D eigenvalue weighted by Gasteiger charge is 2.32. The molecule has 2 aliphatic heterocycles. The molecule has 3 heterocycles. The minimum absolute atomic E-state index is 0.0840. The van der Waals surface area contributed by atoms with E-state index < -0.39 is 6.04 Å². The van der Waals surface area contributed by atoms with Gasteiger partial charge in [-0.1, -0.05) is 29.8 Å². The predicted octanol–water partition coefficient (Wildman–Crippen LogP) is 4.31. The van der Waals surface area contributed by atoms with E-state index in [-0.39, 0.29) is 24.5 Å². The summed E-state index contributed by atoms with van der Waals surface area (Å²) in [4.78, 5) is 30.1. The highest BCUT2D eigenvalue weighted by molar-refractivity contribution is 6.32. The van der Waals surface area contributed by atoms with E-state index in [1.165, 1.54) is 23.9 Å². The molecule has 200 valence electrons. The first-order valence-electron chi connectivity index (χ1n) is 13.2. The van der Waals surface area contributed by atoms with Crippen LogP contribution in [0.3, 0.4) is 0 Å². The Labute approximate surface area is 227 Å². The van der Waals surface area contributed by atoms with E-state index >= 15 is 0 Å². The number of benzene rings is 2. The van der Waals surface area contributed by atoms with Gasteiger partial charge in [0.15, 0.2) is 0 Å². The molecule has 0 aliphatic carbocycles. The number of carbonyl (C=O) groups is 2. The number of nitrogens with one attached hydrogen (secondary N) is 1. The van der Waals surface area contributed by atoms with Crippen LogP contribution >= 0.6 is 11.6 Å². The smallest absolute Gasteiger partial charge is 0.247 e. The Kier molecular flexibility index (Phi) is 8.12. The average molecular weight is 537 g/mol. The second-order valence-corrected chi connectivity index (χ2v) is 10.4. The number of hydrogen-bond donors (Lipinski definition) is 1. The third-order valence-electron chi connectivity index (χ3n) is 7.30. The molecule has 2 aliphatic rings. The monoisotopic (exact) mass is 536 g/mol. The molecule has 38 heavy (non-hydrogen) atoms. The van der Waals surface area contributed by atoms with E-state index in [9.17, 15) is 9.59 Å². The van der Waals surface area contributed by atoms with Crippen molar-refractivity contribution < 1.29 is 14.3 Å². The first-order chi connectivity index (χ1) is 18.5. The van der Waals surface area contributed by atoms with Crippen molar-refractivity contribution in [1.82, 2.24) is 19.7 Å². The minimum Gasteiger partial charge on any atom is -0.489 e. The maximum Gasteiger partial charge on any atom is 0.247 e. The maximum atomic E-state index is 13.2. The van der Waals surface area contributed by atoms with Crippen LogP contribution in [0.1, 0.15) is 37.7 Å². The second kappa shape index (κ2) is 11.9. The van der Waals surface area contributed by atoms with Crippen LogP contribution < -0.4 is 15.0 Å². The predicted molar refractivity (Wildman–Crippen MR) is 146 cm³/mol. The van der Waals surface area contributed by atoms with Crippen molar-refractivity contribution in [2.24, 2.45) is 0 Å². The fourth-order valence-electron chi connectivity index (χ4n) is 5.27. The van der Waals surface area contributed by atoms with Crippen LogP contribution in [0.25, 0.3) is 0 Å². The number of para-hydroxylation sites is 1. The van der Waals surface area contributed by atoms with E-state index in [2.05, 4.69) is 51.6 Å². The van der Waals surface area contributed by atoms with Crippen molar-refractivity contribution in [3.05, 3.63) is 65.7 Å². The van der Waals surface area contributed by atoms with Crippen molar-refractivity contribution in [3.63, 3.8) is 0 Å². The molecule has 0 saturated carbocycles. The summed E-state index contributed by atoms with van der Waals surface area (Å²) in [6, 6.07) is 13.2. The molecule has 1 N–H and O–H groups in total. The molecule has 5 rings (SSSR count). The number of aromatic nitrogens is 3. The van der Waals surface area contributed by atoms with Crippen LogP contribution in [0, 0.1) is 6.92 Å². The fourth-order valence-corrected chi connectivity index (χ4v) is 5.49. The molecule has 2 fully saturated rings. The van der Waals surface area contributed by atoms with Gasteiger partial charge in [0.1, 0.15) is 37.1 Å². The molecular formula is C28H33ClN6O3. The molecule has 9 nitrogen and oxygen atoms in total. The molecule has 1 aromatic heterocycles. The molecule has 3 aromatic rings. The Morgan fingerprint density at radius 2 is 1.79 bits per heavy atom. The van der Waals surface area contributed by atoms with Crippen LogP contribution in [0.4, 0.5) is 11.4 Å². The molecule has 0 radical (unpaired) electrons. The van der Waals surface area contributed by atoms with Crippen molar-refractivity contribution in [2.75, 3.05) is 29.9 Å². The number of hydrogen-bond acceptors (Lipinski definition) is 6. The number of halogens is 1. The number of aryl methyl sites for hydroxylation is 1. The quantitative estimate of drug-likeness (QED) is 0.484. The Hall–Kier alpha value is -3.59. The van der Waals surface area contributed by atoms with E-state index in [4.69, 9.17) is 16.3 Å². The number of amides is 2. The largest absolute Gasteiger partial charge is 0.489 e. The van der Waals surface area contributed by atoms with Gasteiger partial charge in [0, 0.05) is 43.9 Å². The van der Waals surface area contributed by atoms with Gasteiger partial charge in [-0.3, -0.25) is 9.59 Å². The lowest BCUT2D eigenvalue weighted by Crippen LogP contribution is -2.50. The molecule has 0 unspecified atom stereocenters. The van der Waals surface area contributed by atoms with Gasteiger partial charge in [0.2, 0.25) is 11.8 Å². The fraction of sp³-hybridized carbons (Fsp3) is 0.429. The lowest BCUT2D eigenvalue weighted by molar-refractivity contribution is -0.140. The lowest BCUT2D eigenvalue weighted by atomic mass is 10.0. The SMILES string of the molecule is Cc1ccccc1N1CCC(Oc2ccc(NC(=O)[C@H]3CCCCN3C(=O)Cn3cnnc3)cc2Cl)CC1. The van der Waals surface area contributed by atoms with Gasteiger partial charge in [-0.05, 0) is 56.0 Å². The summed E-state index contributed by atoms with van der Waals surface area (Å²) in [5, 5.41) is 10.9. The zero-order chi connectivity index (χ0) is 26.5. The molecule has 10 heteroatoms. The summed E-state index contributed by atoms with van der Waals surface area (Å²) < 4.78 is 7.85. The van der Waals surface area contributed by atoms with Gasteiger partial charge < -0.3 is 24.4 Å². The van der Waals surface area contributed by atoms with E-state index in [1.54, 1.807) is 21.6 Å². The lowest BCUT2D eigenvalue weighted by Gasteiger charge is -2.35. The number of likely N-dealkylation sites (tertiary alicyclic amines) is 1. The van der Waals surface area contributed by atoms with E-state index in [0.29, 0.717) is 29.4 Å². The maximum absolute atomic E-state index is 13.2. The molecular weight excluding hydrogens is 504 g/mol. The van der Waals surface area contributed by atoms with Gasteiger partial charge in [0.25, 0.3) is 0 Å². The third kappa shape index (κ3) is 6.10. The highest BCUT2D eigenvalue weighted by atomic mass is 35.5. The van der Waals surface area contributed by atoms with Gasteiger partial charge in [-0.2, -0.15) is 0 Å². The molecule has 2 aromatic carbocycles. The van der Waals surface area contributed by atoms with Gasteiger partial charge >= 0.3 is 0 Å². The summed E-state index contributed by atoms with van der Waals surface area (Å²) in [6.07, 6.45) is 7.28. The molecule has 0 spiro atoms. The van der Waals surface area contributed by atoms with Crippen LogP contribution in [-0.2, 0) is 16.1 Å². The number of ether oxygens (including phenoxy) is 1. The Balaban J connectivity index is 1.16. The summed E-state index contributed by atoms with van der Waals surface area (Å²) >= 11 is 6.56. The van der Waals surface area contributed by atoms with Crippen LogP contribution in [0.15, 0.2) is 55.1 Å². The number of piperidine rings is 2. The van der Waals surface area contributed by atoms with E-state index in [0.717, 1.165) is 38.8 Å². The number of nitrogens with zero attached hydrogens (tertiary/aromatic N) is 5. The molecule has 1 atom stereocenters. The first kappa shape index (κ1) is 26.0. The second-order valence-electron chi connectivity index (χ2n) is 9.96. The topological polar surface area (TPSA) is 92.6 Å². The van der Waals surface area contributed by atoms with Gasteiger partial charge in [0.05, 0.1) is 5.02 Å². The zero-order valence-corrected chi connectivity index (χ0v) is 22.3. The summed E-state index contributed by atoms with van der Waals surface area (Å²) in [6.45, 7) is 4.65. The van der Waals surface area contributed by atoms with Crippen molar-refractivity contribution in [2.45, 2.75) is 57.7 Å². The van der Waals surface area contributed by atoms with E-state index in [1.807, 2.05) is 6.07 Å². The summed E-state index contributed by atoms with van der Waals surface area (Å²) in [7, 11) is 0. The van der Waals surface area contributed by atoms with Crippen LogP contribution in [0.2, 0.25) is 5.02 Å². The normalized spacial score (nSPS) is 18.3. The summed E-state index contributed by atoms with van der Waals surface area (Å²) in [5.41, 5.74) is 3.14. The van der Waals surface area contributed by atoms with Crippen LogP contribution in [-0.4, -0.2) is 63.3 Å². The minimum atomic E-state index is -0.527. The van der Waals surface area contributed by atoms with Crippen LogP contribution in [0.5, 0.6) is 5.75 Å². The molecule has 0 bridgehead atoms. The Morgan fingerprint density at radius 3 is 2.53 bits per heavy atom. The summed E-state index contributed by atoms with van der Waals surface area (Å²) in [5.74, 6) is 0.275. The zero-order valence-electron chi connectivity index (χ0n) is 21.6. The Bertz CT molecular complexity index is 1260. The van der Waals surface area contributed by atoms with Crippen molar-refractivity contribution >= 4 is 34.8 Å². The first-order valence-corrected chi connectivity index (χ1v) is 13.6. The highest BCUT2D eigenvalue weighted by Crippen LogP contribution is 2.32. The number of anilines is 2. The third-order valence-corrected chi connectivity index (χ3v) is 7.60. The van der Waals surface area contributed by atoms with Gasteiger partial charge in [-0.15, -0.1) is 10.2 Å². The number of carbonyl (C=O) groups excluding carboxylic acids is 2. The molecule has 2 amide bonds. The van der Waals surface area contributed by atoms with Gasteiger partial charge in [-0.25, -0.2) is 0 Å². The standard InChI is InChI=1S/C28H33ClN6O3/c1-20-6-2-3-7-24(20)34-14-11-22(12-15-34)38-26-10-9-21(16-23(26)29)32-28(37)25-8-4-5-13-35(25)27(36)17-33-18-30-31-19-33/h2-3,6-7,9-10,16,18-19,22,25H,4-5,8,11-15,17H2,1H3,(H,32,37)/t25-/m1/s1. The van der Waals surface area contributed by atoms with Crippen molar-refractivity contribution in [1.29, 1.82) is 0 Å². The Morgan fingerprint density at radius 1 is 1.03 bits per heavy atom. The average Bonchev–Trinajstić information content (AvgIpc) is 3.44. The van der Waals surface area contributed by atoms with Crippen molar-refractivity contribution in [3.8, 4) is 5.75 Å². The molecule has 2 saturated heterocycles. The number of rotatable bonds is 7.